The van der Waals surface area contributed by atoms with Gasteiger partial charge in [-0.1, -0.05) is 22.9 Å². The van der Waals surface area contributed by atoms with Crippen LogP contribution in [0, 0.1) is 0 Å². The summed E-state index contributed by atoms with van der Waals surface area (Å²) in [5.41, 5.74) is 1.06. The number of rotatable bonds is 6. The monoisotopic (exact) mass is 300 g/mol. The van der Waals surface area contributed by atoms with Crippen molar-refractivity contribution in [2.45, 2.75) is 32.6 Å². The van der Waals surface area contributed by atoms with Crippen molar-refractivity contribution in [2.75, 3.05) is 6.61 Å². The van der Waals surface area contributed by atoms with Gasteiger partial charge in [0.1, 0.15) is 5.75 Å². The van der Waals surface area contributed by atoms with E-state index in [0.717, 1.165) is 15.8 Å². The van der Waals surface area contributed by atoms with E-state index in [4.69, 9.17) is 9.84 Å². The Hall–Kier alpha value is -1.03. The van der Waals surface area contributed by atoms with Crippen molar-refractivity contribution < 1.29 is 14.6 Å². The lowest BCUT2D eigenvalue weighted by atomic mass is 9.95. The van der Waals surface area contributed by atoms with E-state index in [-0.39, 0.29) is 12.3 Å². The normalized spacial score (nSPS) is 12.2. The first-order chi connectivity index (χ1) is 8.04. The maximum Gasteiger partial charge on any atom is 0.303 e. The molecule has 0 saturated carbocycles. The summed E-state index contributed by atoms with van der Waals surface area (Å²) in [6, 6.07) is 5.84. The third-order valence-corrected chi connectivity index (χ3v) is 3.09. The molecule has 0 saturated heterocycles. The maximum absolute atomic E-state index is 10.6. The summed E-state index contributed by atoms with van der Waals surface area (Å²) in [4.78, 5) is 10.6. The van der Waals surface area contributed by atoms with Gasteiger partial charge in [-0.15, -0.1) is 0 Å². The van der Waals surface area contributed by atoms with Crippen molar-refractivity contribution in [1.29, 1.82) is 0 Å². The lowest BCUT2D eigenvalue weighted by molar-refractivity contribution is -0.137. The Morgan fingerprint density at radius 1 is 1.53 bits per heavy atom. The molecule has 0 heterocycles. The summed E-state index contributed by atoms with van der Waals surface area (Å²) in [6.45, 7) is 4.57. The number of carboxylic acid groups (broad SMARTS) is 1. The molecule has 17 heavy (non-hydrogen) atoms. The smallest absolute Gasteiger partial charge is 0.303 e. The minimum atomic E-state index is -0.759. The highest BCUT2D eigenvalue weighted by molar-refractivity contribution is 9.10. The van der Waals surface area contributed by atoms with Crippen LogP contribution in [0.2, 0.25) is 0 Å². The number of hydrogen-bond acceptors (Lipinski definition) is 2. The minimum Gasteiger partial charge on any atom is -0.494 e. The Morgan fingerprint density at radius 3 is 2.82 bits per heavy atom. The van der Waals surface area contributed by atoms with Gasteiger partial charge in [0.05, 0.1) is 6.61 Å². The fraction of sp³-hybridized carbons (Fsp3) is 0.462. The summed E-state index contributed by atoms with van der Waals surface area (Å²) in [7, 11) is 0. The van der Waals surface area contributed by atoms with E-state index in [1.807, 2.05) is 32.0 Å². The Morgan fingerprint density at radius 2 is 2.24 bits per heavy atom. The van der Waals surface area contributed by atoms with Crippen molar-refractivity contribution in [3.05, 3.63) is 28.2 Å². The molecule has 1 rings (SSSR count). The Bertz CT molecular complexity index is 390. The minimum absolute atomic E-state index is 0.171. The van der Waals surface area contributed by atoms with E-state index in [1.54, 1.807) is 0 Å². The number of ether oxygens (including phenoxy) is 1. The summed E-state index contributed by atoms with van der Waals surface area (Å²) in [6.07, 6.45) is 0.797. The fourth-order valence-corrected chi connectivity index (χ4v) is 2.07. The van der Waals surface area contributed by atoms with E-state index in [9.17, 15) is 4.79 Å². The topological polar surface area (TPSA) is 46.5 Å². The van der Waals surface area contributed by atoms with Crippen LogP contribution in [0.1, 0.15) is 38.2 Å². The van der Waals surface area contributed by atoms with Gasteiger partial charge in [0.25, 0.3) is 0 Å². The lowest BCUT2D eigenvalue weighted by Crippen LogP contribution is -2.03. The molecule has 0 aliphatic carbocycles. The van der Waals surface area contributed by atoms with Crippen LogP contribution in [0.15, 0.2) is 22.7 Å². The van der Waals surface area contributed by atoms with Crippen molar-refractivity contribution in [3.63, 3.8) is 0 Å². The molecule has 1 aromatic carbocycles. The van der Waals surface area contributed by atoms with Crippen LogP contribution in [0.5, 0.6) is 5.75 Å². The molecule has 0 bridgehead atoms. The molecule has 1 atom stereocenters. The predicted octanol–water partition coefficient (Wildman–Crippen LogP) is 3.82. The van der Waals surface area contributed by atoms with Crippen LogP contribution in [0.4, 0.5) is 0 Å². The molecule has 0 aromatic heterocycles. The summed E-state index contributed by atoms with van der Waals surface area (Å²) in [5.74, 6) is 0.253. The van der Waals surface area contributed by atoms with Crippen LogP contribution in [0.3, 0.4) is 0 Å². The number of halogens is 1. The first-order valence-electron chi connectivity index (χ1n) is 5.68. The SMILES string of the molecule is CCOc1ccc(Br)cc1C(C)CCC(=O)O. The molecule has 0 fully saturated rings. The lowest BCUT2D eigenvalue weighted by Gasteiger charge is -2.16. The second kappa shape index (κ2) is 6.64. The van der Waals surface area contributed by atoms with E-state index >= 15 is 0 Å². The highest BCUT2D eigenvalue weighted by Gasteiger charge is 2.13. The summed E-state index contributed by atoms with van der Waals surface area (Å²) in [5, 5.41) is 8.70. The van der Waals surface area contributed by atoms with Crippen LogP contribution in [0.25, 0.3) is 0 Å². The highest BCUT2D eigenvalue weighted by atomic mass is 79.9. The van der Waals surface area contributed by atoms with Gasteiger partial charge in [0, 0.05) is 10.9 Å². The fourth-order valence-electron chi connectivity index (χ4n) is 1.69. The van der Waals surface area contributed by atoms with Gasteiger partial charge in [-0.2, -0.15) is 0 Å². The van der Waals surface area contributed by atoms with Crippen LogP contribution in [-0.4, -0.2) is 17.7 Å². The van der Waals surface area contributed by atoms with Gasteiger partial charge in [-0.05, 0) is 43.0 Å². The quantitative estimate of drug-likeness (QED) is 0.869. The number of carboxylic acids is 1. The molecule has 0 aliphatic heterocycles. The molecule has 0 radical (unpaired) electrons. The van der Waals surface area contributed by atoms with Crippen molar-refractivity contribution in [3.8, 4) is 5.75 Å². The average molecular weight is 301 g/mol. The second-order valence-electron chi connectivity index (χ2n) is 3.95. The molecule has 0 amide bonds. The third-order valence-electron chi connectivity index (χ3n) is 2.59. The molecule has 1 unspecified atom stereocenters. The second-order valence-corrected chi connectivity index (χ2v) is 4.86. The van der Waals surface area contributed by atoms with Crippen LogP contribution >= 0.6 is 15.9 Å². The number of carbonyl (C=O) groups is 1. The third kappa shape index (κ3) is 4.38. The van der Waals surface area contributed by atoms with Gasteiger partial charge in [0.2, 0.25) is 0 Å². The van der Waals surface area contributed by atoms with Crippen molar-refractivity contribution in [2.24, 2.45) is 0 Å². The van der Waals surface area contributed by atoms with Crippen LogP contribution < -0.4 is 4.74 Å². The molecule has 94 valence electrons. The first-order valence-corrected chi connectivity index (χ1v) is 6.48. The van der Waals surface area contributed by atoms with Crippen LogP contribution in [-0.2, 0) is 4.79 Å². The standard InChI is InChI=1S/C13H17BrO3/c1-3-17-12-6-5-10(14)8-11(12)9(2)4-7-13(15)16/h5-6,8-9H,3-4,7H2,1-2H3,(H,15,16). The number of benzene rings is 1. The Labute approximate surface area is 110 Å². The average Bonchev–Trinajstić information content (AvgIpc) is 2.28. The van der Waals surface area contributed by atoms with Gasteiger partial charge >= 0.3 is 5.97 Å². The number of aliphatic carboxylic acids is 1. The van der Waals surface area contributed by atoms with Crippen molar-refractivity contribution >= 4 is 21.9 Å². The Kier molecular flexibility index (Phi) is 5.48. The van der Waals surface area contributed by atoms with Crippen molar-refractivity contribution in [1.82, 2.24) is 0 Å². The van der Waals surface area contributed by atoms with E-state index < -0.39 is 5.97 Å². The van der Waals surface area contributed by atoms with E-state index in [1.165, 1.54) is 0 Å². The molecule has 1 N–H and O–H groups in total. The Balaban J connectivity index is 2.85. The zero-order valence-corrected chi connectivity index (χ0v) is 11.7. The molecular weight excluding hydrogens is 284 g/mol. The molecule has 1 aromatic rings. The summed E-state index contributed by atoms with van der Waals surface area (Å²) < 4.78 is 6.54. The zero-order valence-electron chi connectivity index (χ0n) is 10.1. The molecule has 4 heteroatoms. The van der Waals surface area contributed by atoms with E-state index in [2.05, 4.69) is 15.9 Å². The predicted molar refractivity (Wildman–Crippen MR) is 70.6 cm³/mol. The summed E-state index contributed by atoms with van der Waals surface area (Å²) >= 11 is 3.42. The zero-order chi connectivity index (χ0) is 12.8. The molecule has 0 spiro atoms. The largest absolute Gasteiger partial charge is 0.494 e. The van der Waals surface area contributed by atoms with E-state index in [0.29, 0.717) is 13.0 Å². The molecular formula is C13H17BrO3. The van der Waals surface area contributed by atoms with Gasteiger partial charge in [-0.3, -0.25) is 4.79 Å². The van der Waals surface area contributed by atoms with Gasteiger partial charge in [-0.25, -0.2) is 0 Å². The molecule has 3 nitrogen and oxygen atoms in total. The maximum atomic E-state index is 10.6. The highest BCUT2D eigenvalue weighted by Crippen LogP contribution is 2.32. The van der Waals surface area contributed by atoms with Gasteiger partial charge < -0.3 is 9.84 Å². The first kappa shape index (κ1) is 14.0. The molecule has 0 aliphatic rings. The van der Waals surface area contributed by atoms with Gasteiger partial charge in [0.15, 0.2) is 0 Å². The number of hydrogen-bond donors (Lipinski definition) is 1.